The summed E-state index contributed by atoms with van der Waals surface area (Å²) < 4.78 is 0. The second kappa shape index (κ2) is 6.25. The van der Waals surface area contributed by atoms with E-state index in [0.29, 0.717) is 30.8 Å². The predicted molar refractivity (Wildman–Crippen MR) is 68.1 cm³/mol. The van der Waals surface area contributed by atoms with Gasteiger partial charge in [-0.05, 0) is 37.1 Å². The molecule has 0 aliphatic carbocycles. The van der Waals surface area contributed by atoms with Crippen LogP contribution in [-0.2, 0) is 0 Å². The van der Waals surface area contributed by atoms with Crippen LogP contribution >= 0.6 is 0 Å². The number of amides is 1. The monoisotopic (exact) mass is 236 g/mol. The van der Waals surface area contributed by atoms with Gasteiger partial charge >= 0.3 is 0 Å². The lowest BCUT2D eigenvalue weighted by atomic mass is 10.1. The molecule has 0 heterocycles. The van der Waals surface area contributed by atoms with Crippen LogP contribution in [0, 0.1) is 6.92 Å². The van der Waals surface area contributed by atoms with Crippen LogP contribution in [-0.4, -0.2) is 35.5 Å². The summed E-state index contributed by atoms with van der Waals surface area (Å²) in [6.45, 7) is 5.53. The molecule has 94 valence electrons. The average molecular weight is 236 g/mol. The summed E-state index contributed by atoms with van der Waals surface area (Å²) >= 11 is 0. The minimum atomic E-state index is -0.0274. The lowest BCUT2D eigenvalue weighted by Crippen LogP contribution is -2.35. The van der Waals surface area contributed by atoms with Gasteiger partial charge in [0.1, 0.15) is 5.75 Å². The van der Waals surface area contributed by atoms with Gasteiger partial charge in [-0.25, -0.2) is 0 Å². The number of benzene rings is 1. The van der Waals surface area contributed by atoms with Crippen molar-refractivity contribution in [1.82, 2.24) is 4.90 Å². The van der Waals surface area contributed by atoms with Gasteiger partial charge in [-0.3, -0.25) is 4.79 Å². The Morgan fingerprint density at radius 1 is 1.41 bits per heavy atom. The Labute approximate surface area is 102 Å². The molecule has 0 atom stereocenters. The number of nitrogens with zero attached hydrogens (tertiary/aromatic N) is 1. The molecule has 4 nitrogen and oxygen atoms in total. The van der Waals surface area contributed by atoms with E-state index in [2.05, 4.69) is 0 Å². The first kappa shape index (κ1) is 13.5. The van der Waals surface area contributed by atoms with Crippen molar-refractivity contribution in [1.29, 1.82) is 0 Å². The Morgan fingerprint density at radius 2 is 2.12 bits per heavy atom. The molecule has 4 heteroatoms. The minimum absolute atomic E-state index is 0.0274. The number of aryl methyl sites for hydroxylation is 1. The Bertz CT molecular complexity index is 385. The Balaban J connectivity index is 2.88. The first-order chi connectivity index (χ1) is 8.10. The minimum Gasteiger partial charge on any atom is -0.508 e. The van der Waals surface area contributed by atoms with Crippen LogP contribution in [0.2, 0.25) is 0 Å². The van der Waals surface area contributed by atoms with Gasteiger partial charge in [0, 0.05) is 25.2 Å². The average Bonchev–Trinajstić information content (AvgIpc) is 2.31. The van der Waals surface area contributed by atoms with Gasteiger partial charge in [0.15, 0.2) is 0 Å². The van der Waals surface area contributed by atoms with Crippen molar-refractivity contribution >= 4 is 5.91 Å². The molecule has 0 radical (unpaired) electrons. The van der Waals surface area contributed by atoms with E-state index in [-0.39, 0.29) is 11.7 Å². The normalized spacial score (nSPS) is 10.3. The number of carbonyl (C=O) groups is 1. The van der Waals surface area contributed by atoms with E-state index in [1.165, 1.54) is 0 Å². The summed E-state index contributed by atoms with van der Waals surface area (Å²) in [7, 11) is 0. The zero-order chi connectivity index (χ0) is 12.8. The highest BCUT2D eigenvalue weighted by molar-refractivity contribution is 5.94. The van der Waals surface area contributed by atoms with Gasteiger partial charge in [-0.1, -0.05) is 6.92 Å². The first-order valence-electron chi connectivity index (χ1n) is 5.89. The fraction of sp³-hybridized carbons (Fsp3) is 0.462. The fourth-order valence-electron chi connectivity index (χ4n) is 1.71. The van der Waals surface area contributed by atoms with E-state index < -0.39 is 0 Å². The molecule has 1 aromatic rings. The summed E-state index contributed by atoms with van der Waals surface area (Å²) in [4.78, 5) is 13.9. The molecule has 1 aromatic carbocycles. The molecule has 1 rings (SSSR count). The van der Waals surface area contributed by atoms with Crippen LogP contribution in [0.4, 0.5) is 0 Å². The lowest BCUT2D eigenvalue weighted by Gasteiger charge is -2.21. The van der Waals surface area contributed by atoms with Crippen molar-refractivity contribution in [2.75, 3.05) is 19.6 Å². The van der Waals surface area contributed by atoms with Gasteiger partial charge in [-0.15, -0.1) is 0 Å². The summed E-state index contributed by atoms with van der Waals surface area (Å²) in [6, 6.07) is 4.90. The summed E-state index contributed by atoms with van der Waals surface area (Å²) in [5, 5.41) is 9.43. The second-order valence-corrected chi connectivity index (χ2v) is 4.08. The molecule has 0 saturated carbocycles. The van der Waals surface area contributed by atoms with E-state index in [1.807, 2.05) is 6.92 Å². The number of hydrogen-bond donors (Lipinski definition) is 2. The number of phenolic OH excluding ortho intramolecular Hbond substituents is 1. The quantitative estimate of drug-likeness (QED) is 0.814. The van der Waals surface area contributed by atoms with Gasteiger partial charge < -0.3 is 15.7 Å². The third kappa shape index (κ3) is 3.46. The summed E-state index contributed by atoms with van der Waals surface area (Å²) in [6.07, 6.45) is 0.906. The van der Waals surface area contributed by atoms with E-state index in [1.54, 1.807) is 30.0 Å². The number of carbonyl (C=O) groups excluding carboxylic acids is 1. The Kier molecular flexibility index (Phi) is 4.97. The summed E-state index contributed by atoms with van der Waals surface area (Å²) in [5.74, 6) is 0.183. The first-order valence-corrected chi connectivity index (χ1v) is 5.89. The van der Waals surface area contributed by atoms with Crippen LogP contribution in [0.5, 0.6) is 5.75 Å². The number of hydrogen-bond acceptors (Lipinski definition) is 3. The van der Waals surface area contributed by atoms with Crippen LogP contribution < -0.4 is 5.73 Å². The zero-order valence-electron chi connectivity index (χ0n) is 10.4. The smallest absolute Gasteiger partial charge is 0.253 e. The van der Waals surface area contributed by atoms with Crippen molar-refractivity contribution in [3.8, 4) is 5.75 Å². The third-order valence-corrected chi connectivity index (χ3v) is 2.62. The standard InChI is InChI=1S/C13H20N2O2/c1-3-7-15(8-6-14)13(17)11-4-5-12(16)10(2)9-11/h4-5,9,16H,3,6-8,14H2,1-2H3. The molecule has 0 saturated heterocycles. The topological polar surface area (TPSA) is 66.6 Å². The SMILES string of the molecule is CCCN(CCN)C(=O)c1ccc(O)c(C)c1. The maximum Gasteiger partial charge on any atom is 0.253 e. The molecule has 3 N–H and O–H groups in total. The van der Waals surface area contributed by atoms with E-state index in [4.69, 9.17) is 5.73 Å². The molecule has 0 spiro atoms. The molecular weight excluding hydrogens is 216 g/mol. The van der Waals surface area contributed by atoms with Crippen LogP contribution in [0.15, 0.2) is 18.2 Å². The third-order valence-electron chi connectivity index (χ3n) is 2.62. The van der Waals surface area contributed by atoms with Crippen molar-refractivity contribution in [2.45, 2.75) is 20.3 Å². The molecule has 1 amide bonds. The van der Waals surface area contributed by atoms with Gasteiger partial charge in [0.2, 0.25) is 0 Å². The molecule has 0 aliphatic heterocycles. The largest absolute Gasteiger partial charge is 0.508 e. The summed E-state index contributed by atoms with van der Waals surface area (Å²) in [5.41, 5.74) is 6.80. The predicted octanol–water partition coefficient (Wildman–Crippen LogP) is 1.51. The fourth-order valence-corrected chi connectivity index (χ4v) is 1.71. The Morgan fingerprint density at radius 3 is 2.65 bits per heavy atom. The number of nitrogens with two attached hydrogens (primary N) is 1. The number of phenols is 1. The molecular formula is C13H20N2O2. The van der Waals surface area contributed by atoms with Crippen LogP contribution in [0.1, 0.15) is 29.3 Å². The van der Waals surface area contributed by atoms with Crippen LogP contribution in [0.3, 0.4) is 0 Å². The highest BCUT2D eigenvalue weighted by Crippen LogP contribution is 2.18. The van der Waals surface area contributed by atoms with E-state index in [9.17, 15) is 9.90 Å². The highest BCUT2D eigenvalue weighted by atomic mass is 16.3. The molecule has 0 unspecified atom stereocenters. The van der Waals surface area contributed by atoms with Crippen molar-refractivity contribution in [3.63, 3.8) is 0 Å². The lowest BCUT2D eigenvalue weighted by molar-refractivity contribution is 0.0760. The second-order valence-electron chi connectivity index (χ2n) is 4.08. The Hall–Kier alpha value is -1.55. The van der Waals surface area contributed by atoms with Gasteiger partial charge in [0.25, 0.3) is 5.91 Å². The molecule has 0 aromatic heterocycles. The number of rotatable bonds is 5. The highest BCUT2D eigenvalue weighted by Gasteiger charge is 2.14. The zero-order valence-corrected chi connectivity index (χ0v) is 10.4. The van der Waals surface area contributed by atoms with Gasteiger partial charge in [-0.2, -0.15) is 0 Å². The van der Waals surface area contributed by atoms with Crippen molar-refractivity contribution < 1.29 is 9.90 Å². The van der Waals surface area contributed by atoms with E-state index in [0.717, 1.165) is 6.42 Å². The maximum atomic E-state index is 12.2. The maximum absolute atomic E-state index is 12.2. The van der Waals surface area contributed by atoms with Crippen molar-refractivity contribution in [2.24, 2.45) is 5.73 Å². The molecule has 0 fully saturated rings. The van der Waals surface area contributed by atoms with Crippen LogP contribution in [0.25, 0.3) is 0 Å². The van der Waals surface area contributed by atoms with Gasteiger partial charge in [0.05, 0.1) is 0 Å². The van der Waals surface area contributed by atoms with Crippen molar-refractivity contribution in [3.05, 3.63) is 29.3 Å². The molecule has 0 bridgehead atoms. The molecule has 17 heavy (non-hydrogen) atoms. The molecule has 0 aliphatic rings. The number of aromatic hydroxyl groups is 1. The van der Waals surface area contributed by atoms with E-state index >= 15 is 0 Å².